The van der Waals surface area contributed by atoms with E-state index in [0.717, 1.165) is 22.2 Å². The maximum Gasteiger partial charge on any atom is 0.413 e. The Morgan fingerprint density at radius 3 is 2.59 bits per heavy atom. The van der Waals surface area contributed by atoms with Gasteiger partial charge in [-0.25, -0.2) is 20.0 Å². The fourth-order valence-electron chi connectivity index (χ4n) is 3.58. The topological polar surface area (TPSA) is 175 Å². The number of pyridine rings is 2. The number of anilines is 1. The summed E-state index contributed by atoms with van der Waals surface area (Å²) in [5.41, 5.74) is 8.05. The lowest BCUT2D eigenvalue weighted by molar-refractivity contribution is 0.102. The van der Waals surface area contributed by atoms with Crippen molar-refractivity contribution < 1.29 is 27.6 Å². The van der Waals surface area contributed by atoms with Gasteiger partial charge in [0.2, 0.25) is 5.95 Å². The lowest BCUT2D eigenvalue weighted by atomic mass is 10.1. The number of rotatable bonds is 7. The Bertz CT molecular complexity index is 1570. The minimum atomic E-state index is -1.17. The Balaban J connectivity index is 1.45. The van der Waals surface area contributed by atoms with Crippen LogP contribution >= 0.6 is 0 Å². The van der Waals surface area contributed by atoms with Crippen LogP contribution in [0.2, 0.25) is 0 Å². The summed E-state index contributed by atoms with van der Waals surface area (Å²) in [6, 6.07) is 8.91. The Morgan fingerprint density at radius 2 is 1.90 bits per heavy atom. The summed E-state index contributed by atoms with van der Waals surface area (Å²) in [6.07, 6.45) is -0.137. The van der Waals surface area contributed by atoms with E-state index in [4.69, 9.17) is 20.8 Å². The molecule has 0 spiro atoms. The third-order valence-corrected chi connectivity index (χ3v) is 5.59. The lowest BCUT2D eigenvalue weighted by Crippen LogP contribution is -2.39. The van der Waals surface area contributed by atoms with Gasteiger partial charge in [-0.15, -0.1) is 0 Å². The van der Waals surface area contributed by atoms with Crippen LogP contribution in [0.3, 0.4) is 0 Å². The van der Waals surface area contributed by atoms with Gasteiger partial charge in [0.05, 0.1) is 35.0 Å². The number of hydrogen-bond donors (Lipinski definition) is 4. The van der Waals surface area contributed by atoms with E-state index in [9.17, 15) is 18.4 Å². The van der Waals surface area contributed by atoms with Crippen molar-refractivity contribution in [1.29, 1.82) is 0 Å². The summed E-state index contributed by atoms with van der Waals surface area (Å²) >= 11 is 0. The van der Waals surface area contributed by atoms with Crippen LogP contribution in [0.25, 0.3) is 16.7 Å². The predicted octanol–water partition coefficient (Wildman–Crippen LogP) is 3.33. The van der Waals surface area contributed by atoms with Crippen LogP contribution in [0.4, 0.5) is 19.3 Å². The molecule has 0 saturated carbocycles. The second kappa shape index (κ2) is 11.1. The number of halogens is 2. The van der Waals surface area contributed by atoms with E-state index in [1.54, 1.807) is 31.2 Å². The maximum absolute atomic E-state index is 13.9. The number of nitrogens with one attached hydrogen (secondary N) is 2. The van der Waals surface area contributed by atoms with E-state index >= 15 is 0 Å². The highest BCUT2D eigenvalue weighted by Crippen LogP contribution is 2.22. The number of carbonyl (C=O) groups is 2. The van der Waals surface area contributed by atoms with Crippen LogP contribution in [0.15, 0.2) is 59.1 Å². The number of nitrogens with two attached hydrogens (primary N) is 2. The second-order valence-corrected chi connectivity index (χ2v) is 8.44. The number of alkyl carbamates (subject to hydrolysis) is 1. The molecular formula is C25H24F2N8O4. The van der Waals surface area contributed by atoms with Crippen LogP contribution in [0.1, 0.15) is 40.3 Å². The molecule has 0 aliphatic rings. The highest BCUT2D eigenvalue weighted by atomic mass is 19.1. The maximum atomic E-state index is 13.9. The number of carbonyl (C=O) groups excluding carboxylic acids is 2. The molecular weight excluding hydrogens is 514 g/mol. The zero-order chi connectivity index (χ0) is 28.3. The third kappa shape index (κ3) is 6.07. The Labute approximate surface area is 220 Å². The van der Waals surface area contributed by atoms with E-state index in [0.29, 0.717) is 23.0 Å². The van der Waals surface area contributed by atoms with Crippen LogP contribution in [-0.2, 0) is 4.74 Å². The molecule has 0 bridgehead atoms. The minimum absolute atomic E-state index is 0.0350. The first-order chi connectivity index (χ1) is 18.5. The summed E-state index contributed by atoms with van der Waals surface area (Å²) in [6.45, 7) is 3.15. The zero-order valence-electron chi connectivity index (χ0n) is 21.0. The summed E-state index contributed by atoms with van der Waals surface area (Å²) < 4.78 is 37.7. The number of amides is 2. The quantitative estimate of drug-likeness (QED) is 0.155. The van der Waals surface area contributed by atoms with Gasteiger partial charge in [-0.2, -0.15) is 4.39 Å². The number of benzene rings is 1. The first-order valence-electron chi connectivity index (χ1n) is 11.4. The summed E-state index contributed by atoms with van der Waals surface area (Å²) in [5, 5.41) is 10.8. The average Bonchev–Trinajstić information content (AvgIpc) is 3.28. The fraction of sp³-hybridized carbons (Fsp3) is 0.160. The van der Waals surface area contributed by atoms with Crippen molar-refractivity contribution in [2.24, 2.45) is 11.6 Å². The number of nitrogens with zero attached hydrogens (tertiary/aromatic N) is 4. The molecule has 14 heteroatoms. The van der Waals surface area contributed by atoms with Crippen molar-refractivity contribution in [2.75, 3.05) is 12.4 Å². The van der Waals surface area contributed by atoms with Gasteiger partial charge in [0, 0.05) is 18.0 Å². The van der Waals surface area contributed by atoms with Gasteiger partial charge < -0.3 is 20.3 Å². The van der Waals surface area contributed by atoms with Gasteiger partial charge in [0.25, 0.3) is 5.91 Å². The van der Waals surface area contributed by atoms with Crippen LogP contribution in [-0.4, -0.2) is 39.2 Å². The molecule has 3 heterocycles. The molecule has 0 aliphatic carbocycles. The normalized spacial score (nSPS) is 12.5. The standard InChI is InChI=1S/C25H24F2N8O4/c1-12-17-6-4-14(8-20(17)39-34-12)24(36)32-16-5-7-19(30-11-16)21(28)23(35(3)29)33-25(37)38-13(2)18-9-15(26)10-31-22(18)27/h4-11,13H,28-29H2,1-3H3,(H,32,36)(H,33,37)/b23-21-/t13-/m1/s1. The van der Waals surface area contributed by atoms with Gasteiger partial charge in [-0.05, 0) is 50.2 Å². The largest absolute Gasteiger partial charge is 0.441 e. The second-order valence-electron chi connectivity index (χ2n) is 8.44. The van der Waals surface area contributed by atoms with E-state index in [1.807, 2.05) is 0 Å². The van der Waals surface area contributed by atoms with Gasteiger partial charge >= 0.3 is 6.09 Å². The Hall–Kier alpha value is -5.11. The van der Waals surface area contributed by atoms with Crippen molar-refractivity contribution in [3.05, 3.63) is 88.9 Å². The molecule has 12 nitrogen and oxygen atoms in total. The number of fused-ring (bicyclic) bond motifs is 1. The molecule has 3 aromatic heterocycles. The van der Waals surface area contributed by atoms with Crippen molar-refractivity contribution in [2.45, 2.75) is 20.0 Å². The molecule has 0 radical (unpaired) electrons. The monoisotopic (exact) mass is 538 g/mol. The Morgan fingerprint density at radius 1 is 1.13 bits per heavy atom. The van der Waals surface area contributed by atoms with E-state index in [2.05, 4.69) is 25.8 Å². The zero-order valence-corrected chi connectivity index (χ0v) is 21.0. The number of ether oxygens (including phenoxy) is 1. The predicted molar refractivity (Wildman–Crippen MR) is 136 cm³/mol. The molecule has 1 atom stereocenters. The minimum Gasteiger partial charge on any atom is -0.441 e. The molecule has 6 N–H and O–H groups in total. The van der Waals surface area contributed by atoms with E-state index < -0.39 is 29.9 Å². The molecule has 4 aromatic rings. The number of aromatic nitrogens is 3. The summed E-state index contributed by atoms with van der Waals surface area (Å²) in [7, 11) is 1.41. The highest BCUT2D eigenvalue weighted by molar-refractivity contribution is 6.06. The van der Waals surface area contributed by atoms with Crippen LogP contribution < -0.4 is 22.2 Å². The summed E-state index contributed by atoms with van der Waals surface area (Å²) in [5.74, 6) is 3.58. The average molecular weight is 539 g/mol. The fourth-order valence-corrected chi connectivity index (χ4v) is 3.58. The smallest absolute Gasteiger partial charge is 0.413 e. The van der Waals surface area contributed by atoms with Crippen LogP contribution in [0.5, 0.6) is 0 Å². The SMILES string of the molecule is Cc1noc2cc(C(=O)Nc3ccc(/C(N)=C(\NC(=O)O[C@H](C)c4cc(F)cnc4F)N(C)N)nc3)ccc12. The summed E-state index contributed by atoms with van der Waals surface area (Å²) in [4.78, 5) is 32.6. The molecule has 4 rings (SSSR count). The van der Waals surface area contributed by atoms with Gasteiger partial charge in [-0.1, -0.05) is 5.16 Å². The van der Waals surface area contributed by atoms with Crippen molar-refractivity contribution in [1.82, 2.24) is 25.5 Å². The molecule has 0 aliphatic heterocycles. The first kappa shape index (κ1) is 26.9. The molecule has 202 valence electrons. The van der Waals surface area contributed by atoms with Gasteiger partial charge in [0.1, 0.15) is 17.6 Å². The third-order valence-electron chi connectivity index (χ3n) is 5.59. The number of hydrazine groups is 1. The molecule has 1 aromatic carbocycles. The Kier molecular flexibility index (Phi) is 7.67. The van der Waals surface area contributed by atoms with Crippen LogP contribution in [0, 0.1) is 18.7 Å². The van der Waals surface area contributed by atoms with E-state index in [1.165, 1.54) is 26.2 Å². The number of hydrogen-bond acceptors (Lipinski definition) is 10. The van der Waals surface area contributed by atoms with Gasteiger partial charge in [0.15, 0.2) is 11.4 Å². The number of aryl methyl sites for hydroxylation is 1. The molecule has 0 saturated heterocycles. The van der Waals surface area contributed by atoms with Crippen molar-refractivity contribution in [3.8, 4) is 0 Å². The lowest BCUT2D eigenvalue weighted by Gasteiger charge is -2.21. The highest BCUT2D eigenvalue weighted by Gasteiger charge is 2.20. The van der Waals surface area contributed by atoms with Crippen molar-refractivity contribution in [3.63, 3.8) is 0 Å². The molecule has 2 amide bonds. The van der Waals surface area contributed by atoms with E-state index in [-0.39, 0.29) is 22.8 Å². The van der Waals surface area contributed by atoms with Gasteiger partial charge in [-0.3, -0.25) is 20.1 Å². The molecule has 0 fully saturated rings. The first-order valence-corrected chi connectivity index (χ1v) is 11.4. The molecule has 39 heavy (non-hydrogen) atoms. The molecule has 0 unspecified atom stereocenters. The van der Waals surface area contributed by atoms with Crippen molar-refractivity contribution >= 4 is 34.4 Å².